The number of methoxy groups -OCH3 is 4. The zero-order valence-corrected chi connectivity index (χ0v) is 19.5. The van der Waals surface area contributed by atoms with E-state index in [9.17, 15) is 18.0 Å². The summed E-state index contributed by atoms with van der Waals surface area (Å²) in [7, 11) is 1.54. The van der Waals surface area contributed by atoms with E-state index < -0.39 is 28.4 Å². The summed E-state index contributed by atoms with van der Waals surface area (Å²) in [5.74, 6) is -0.614. The van der Waals surface area contributed by atoms with Crippen molar-refractivity contribution in [1.29, 1.82) is 0 Å². The first-order valence-corrected chi connectivity index (χ1v) is 11.2. The van der Waals surface area contributed by atoms with E-state index in [1.165, 1.54) is 40.6 Å². The summed E-state index contributed by atoms with van der Waals surface area (Å²) in [6, 6.07) is 7.72. The molecule has 2 aromatic carbocycles. The monoisotopic (exact) mass is 466 g/mol. The Morgan fingerprint density at radius 3 is 2.06 bits per heavy atom. The van der Waals surface area contributed by atoms with Gasteiger partial charge >= 0.3 is 5.97 Å². The number of rotatable bonds is 9. The Hall–Kier alpha value is -3.47. The summed E-state index contributed by atoms with van der Waals surface area (Å²) in [6.07, 6.45) is 0.984. The number of benzene rings is 2. The molecule has 0 heterocycles. The molecule has 2 rings (SSSR count). The number of anilines is 2. The summed E-state index contributed by atoms with van der Waals surface area (Å²) in [5, 5.41) is 2.55. The lowest BCUT2D eigenvalue weighted by Gasteiger charge is -2.24. The number of hydrogen-bond donors (Lipinski definition) is 1. The van der Waals surface area contributed by atoms with E-state index in [0.717, 1.165) is 16.1 Å². The molecule has 0 saturated heterocycles. The number of carbonyl (C=O) groups is 2. The molecule has 0 aliphatic rings. The second kappa shape index (κ2) is 10.2. The molecule has 10 nitrogen and oxygen atoms in total. The number of ether oxygens (including phenoxy) is 4. The standard InChI is InChI=1S/C21H26N2O8S/c1-13-7-8-17(28-2)16(9-13)23(32(6,26)27)12-20(24)22-15-11-19(30-4)18(29-3)10-14(15)21(25)31-5/h7-11H,12H2,1-6H3,(H,22,24). The van der Waals surface area contributed by atoms with Gasteiger partial charge in [-0.2, -0.15) is 0 Å². The van der Waals surface area contributed by atoms with Crippen LogP contribution in [0.1, 0.15) is 15.9 Å². The largest absolute Gasteiger partial charge is 0.495 e. The minimum Gasteiger partial charge on any atom is -0.495 e. The maximum atomic E-state index is 12.9. The van der Waals surface area contributed by atoms with Crippen molar-refractivity contribution < 1.29 is 37.0 Å². The number of esters is 1. The lowest BCUT2D eigenvalue weighted by atomic mass is 10.1. The van der Waals surface area contributed by atoms with Crippen LogP contribution >= 0.6 is 0 Å². The van der Waals surface area contributed by atoms with Crippen molar-refractivity contribution in [3.8, 4) is 17.2 Å². The topological polar surface area (TPSA) is 120 Å². The van der Waals surface area contributed by atoms with Crippen molar-refractivity contribution in [3.05, 3.63) is 41.5 Å². The van der Waals surface area contributed by atoms with Crippen LogP contribution in [0.2, 0.25) is 0 Å². The number of amides is 1. The van der Waals surface area contributed by atoms with E-state index >= 15 is 0 Å². The Labute approximate surface area is 187 Å². The van der Waals surface area contributed by atoms with Crippen molar-refractivity contribution >= 4 is 33.3 Å². The van der Waals surface area contributed by atoms with Gasteiger partial charge in [0, 0.05) is 12.1 Å². The third-order valence-electron chi connectivity index (χ3n) is 4.49. The van der Waals surface area contributed by atoms with Gasteiger partial charge in [0.05, 0.1) is 51.6 Å². The van der Waals surface area contributed by atoms with Crippen molar-refractivity contribution in [2.24, 2.45) is 0 Å². The molecule has 0 fully saturated rings. The van der Waals surface area contributed by atoms with Gasteiger partial charge in [0.2, 0.25) is 15.9 Å². The van der Waals surface area contributed by atoms with Crippen LogP contribution in [0.4, 0.5) is 11.4 Å². The highest BCUT2D eigenvalue weighted by Crippen LogP contribution is 2.34. The lowest BCUT2D eigenvalue weighted by Crippen LogP contribution is -2.38. The van der Waals surface area contributed by atoms with Crippen LogP contribution in [0, 0.1) is 6.92 Å². The van der Waals surface area contributed by atoms with Gasteiger partial charge in [-0.3, -0.25) is 9.10 Å². The molecule has 1 amide bonds. The summed E-state index contributed by atoms with van der Waals surface area (Å²) >= 11 is 0. The van der Waals surface area contributed by atoms with E-state index in [-0.39, 0.29) is 34.2 Å². The molecule has 174 valence electrons. The van der Waals surface area contributed by atoms with E-state index in [2.05, 4.69) is 5.32 Å². The third kappa shape index (κ3) is 5.61. The van der Waals surface area contributed by atoms with Gasteiger partial charge in [0.1, 0.15) is 12.3 Å². The van der Waals surface area contributed by atoms with Gasteiger partial charge in [0.25, 0.3) is 0 Å². The van der Waals surface area contributed by atoms with Gasteiger partial charge in [-0.25, -0.2) is 13.2 Å². The Balaban J connectivity index is 2.45. The van der Waals surface area contributed by atoms with E-state index in [1.807, 2.05) is 0 Å². The van der Waals surface area contributed by atoms with Gasteiger partial charge in [-0.15, -0.1) is 0 Å². The van der Waals surface area contributed by atoms with Gasteiger partial charge in [-0.05, 0) is 24.6 Å². The number of nitrogens with zero attached hydrogens (tertiary/aromatic N) is 1. The third-order valence-corrected chi connectivity index (χ3v) is 5.62. The summed E-state index contributed by atoms with van der Waals surface area (Å²) < 4.78 is 46.3. The maximum absolute atomic E-state index is 12.9. The average molecular weight is 467 g/mol. The molecule has 32 heavy (non-hydrogen) atoms. The molecular formula is C21H26N2O8S. The molecule has 0 aliphatic heterocycles. The molecule has 2 aromatic rings. The second-order valence-electron chi connectivity index (χ2n) is 6.74. The zero-order chi connectivity index (χ0) is 24.1. The quantitative estimate of drug-likeness (QED) is 0.559. The van der Waals surface area contributed by atoms with Gasteiger partial charge in [0.15, 0.2) is 11.5 Å². The lowest BCUT2D eigenvalue weighted by molar-refractivity contribution is -0.114. The SMILES string of the molecule is COC(=O)c1cc(OC)c(OC)cc1NC(=O)CN(c1cc(C)ccc1OC)S(C)(=O)=O. The molecule has 0 atom stereocenters. The zero-order valence-electron chi connectivity index (χ0n) is 18.7. The number of nitrogens with one attached hydrogen (secondary N) is 1. The van der Waals surface area contributed by atoms with Crippen LogP contribution in [0.15, 0.2) is 30.3 Å². The van der Waals surface area contributed by atoms with Crippen LogP contribution < -0.4 is 23.8 Å². The molecular weight excluding hydrogens is 440 g/mol. The minimum atomic E-state index is -3.85. The van der Waals surface area contributed by atoms with E-state index in [0.29, 0.717) is 0 Å². The Morgan fingerprint density at radius 2 is 1.53 bits per heavy atom. The summed E-state index contributed by atoms with van der Waals surface area (Å²) in [6.45, 7) is 1.23. The summed E-state index contributed by atoms with van der Waals surface area (Å²) in [5.41, 5.74) is 1.08. The van der Waals surface area contributed by atoms with Crippen LogP contribution in [0.5, 0.6) is 17.2 Å². The van der Waals surface area contributed by atoms with E-state index in [4.69, 9.17) is 18.9 Å². The van der Waals surface area contributed by atoms with Gasteiger partial charge < -0.3 is 24.3 Å². The number of carbonyl (C=O) groups excluding carboxylic acids is 2. The maximum Gasteiger partial charge on any atom is 0.340 e. The fourth-order valence-corrected chi connectivity index (χ4v) is 3.81. The fourth-order valence-electron chi connectivity index (χ4n) is 2.96. The van der Waals surface area contributed by atoms with Crippen LogP contribution in [0.3, 0.4) is 0 Å². The second-order valence-corrected chi connectivity index (χ2v) is 8.64. The molecule has 0 spiro atoms. The normalized spacial score (nSPS) is 10.8. The molecule has 0 unspecified atom stereocenters. The molecule has 0 bridgehead atoms. The van der Waals surface area contributed by atoms with Crippen molar-refractivity contribution in [2.75, 3.05) is 50.9 Å². The number of sulfonamides is 1. The van der Waals surface area contributed by atoms with Crippen LogP contribution in [0.25, 0.3) is 0 Å². The first-order chi connectivity index (χ1) is 15.0. The van der Waals surface area contributed by atoms with E-state index in [1.54, 1.807) is 25.1 Å². The van der Waals surface area contributed by atoms with Crippen molar-refractivity contribution in [2.45, 2.75) is 6.92 Å². The molecule has 0 saturated carbocycles. The number of aryl methyl sites for hydroxylation is 1. The Kier molecular flexibility index (Phi) is 7.92. The fraction of sp³-hybridized carbons (Fsp3) is 0.333. The molecule has 0 aromatic heterocycles. The first-order valence-electron chi connectivity index (χ1n) is 9.32. The molecule has 0 aliphatic carbocycles. The predicted molar refractivity (Wildman–Crippen MR) is 119 cm³/mol. The molecule has 11 heteroatoms. The summed E-state index contributed by atoms with van der Waals surface area (Å²) in [4.78, 5) is 25.1. The molecule has 1 N–H and O–H groups in total. The first kappa shape index (κ1) is 24.8. The average Bonchev–Trinajstić information content (AvgIpc) is 2.75. The minimum absolute atomic E-state index is 0.0116. The highest BCUT2D eigenvalue weighted by Gasteiger charge is 2.26. The Morgan fingerprint density at radius 1 is 0.938 bits per heavy atom. The number of hydrogen-bond acceptors (Lipinski definition) is 8. The highest BCUT2D eigenvalue weighted by molar-refractivity contribution is 7.92. The van der Waals surface area contributed by atoms with Crippen molar-refractivity contribution in [3.63, 3.8) is 0 Å². The molecule has 0 radical (unpaired) electrons. The predicted octanol–water partition coefficient (Wildman–Crippen LogP) is 2.21. The van der Waals surface area contributed by atoms with Crippen LogP contribution in [-0.2, 0) is 19.6 Å². The smallest absolute Gasteiger partial charge is 0.340 e. The van der Waals surface area contributed by atoms with Gasteiger partial charge in [-0.1, -0.05) is 6.07 Å². The van der Waals surface area contributed by atoms with Crippen molar-refractivity contribution in [1.82, 2.24) is 0 Å². The Bertz CT molecular complexity index is 1120. The highest BCUT2D eigenvalue weighted by atomic mass is 32.2. The van der Waals surface area contributed by atoms with Crippen LogP contribution in [-0.4, -0.2) is 61.5 Å².